The topological polar surface area (TPSA) is 20.3 Å². The van der Waals surface area contributed by atoms with Gasteiger partial charge in [-0.15, -0.1) is 0 Å². The smallest absolute Gasteiger partial charge is 0.136 e. The fourth-order valence-corrected chi connectivity index (χ4v) is 2.91. The molecule has 16 heavy (non-hydrogen) atoms. The highest BCUT2D eigenvalue weighted by Gasteiger charge is 2.28. The SMILES string of the molecule is CC1(C)CCN(CCC2CCCC2=O)CC1. The van der Waals surface area contributed by atoms with Crippen LogP contribution in [-0.4, -0.2) is 30.3 Å². The van der Waals surface area contributed by atoms with Crippen LogP contribution >= 0.6 is 0 Å². The Labute approximate surface area is 99.4 Å². The lowest BCUT2D eigenvalue weighted by atomic mass is 9.82. The quantitative estimate of drug-likeness (QED) is 0.733. The fraction of sp³-hybridized carbons (Fsp3) is 0.929. The van der Waals surface area contributed by atoms with Crippen LogP contribution in [-0.2, 0) is 4.79 Å². The molecule has 0 radical (unpaired) electrons. The van der Waals surface area contributed by atoms with E-state index >= 15 is 0 Å². The molecule has 92 valence electrons. The zero-order chi connectivity index (χ0) is 11.6. The summed E-state index contributed by atoms with van der Waals surface area (Å²) in [6, 6.07) is 0. The molecular formula is C14H25NO. The van der Waals surface area contributed by atoms with E-state index in [4.69, 9.17) is 0 Å². The van der Waals surface area contributed by atoms with Gasteiger partial charge in [-0.2, -0.15) is 0 Å². The van der Waals surface area contributed by atoms with Crippen LogP contribution in [0.15, 0.2) is 0 Å². The van der Waals surface area contributed by atoms with Gasteiger partial charge in [-0.25, -0.2) is 0 Å². The monoisotopic (exact) mass is 223 g/mol. The van der Waals surface area contributed by atoms with Crippen LogP contribution in [0.3, 0.4) is 0 Å². The molecule has 0 aromatic carbocycles. The molecule has 1 saturated carbocycles. The van der Waals surface area contributed by atoms with Crippen molar-refractivity contribution in [2.24, 2.45) is 11.3 Å². The highest BCUT2D eigenvalue weighted by atomic mass is 16.1. The van der Waals surface area contributed by atoms with Gasteiger partial charge in [0.25, 0.3) is 0 Å². The van der Waals surface area contributed by atoms with Crippen LogP contribution in [0, 0.1) is 11.3 Å². The Hall–Kier alpha value is -0.370. The number of hydrogen-bond donors (Lipinski definition) is 0. The number of rotatable bonds is 3. The van der Waals surface area contributed by atoms with Gasteiger partial charge in [0.05, 0.1) is 0 Å². The molecule has 0 aromatic heterocycles. The van der Waals surface area contributed by atoms with Crippen LogP contribution in [0.2, 0.25) is 0 Å². The van der Waals surface area contributed by atoms with Crippen molar-refractivity contribution in [1.82, 2.24) is 4.90 Å². The van der Waals surface area contributed by atoms with Crippen molar-refractivity contribution in [1.29, 1.82) is 0 Å². The molecule has 0 amide bonds. The predicted molar refractivity (Wildman–Crippen MR) is 66.4 cm³/mol. The van der Waals surface area contributed by atoms with E-state index in [0.29, 0.717) is 17.1 Å². The van der Waals surface area contributed by atoms with Crippen molar-refractivity contribution < 1.29 is 4.79 Å². The third kappa shape index (κ3) is 3.07. The van der Waals surface area contributed by atoms with E-state index < -0.39 is 0 Å². The number of piperidine rings is 1. The maximum absolute atomic E-state index is 11.5. The van der Waals surface area contributed by atoms with E-state index in [2.05, 4.69) is 18.7 Å². The van der Waals surface area contributed by atoms with E-state index in [0.717, 1.165) is 32.2 Å². The van der Waals surface area contributed by atoms with Gasteiger partial charge in [0.1, 0.15) is 5.78 Å². The Balaban J connectivity index is 1.69. The van der Waals surface area contributed by atoms with E-state index in [9.17, 15) is 4.79 Å². The van der Waals surface area contributed by atoms with Crippen LogP contribution in [0.1, 0.15) is 52.4 Å². The van der Waals surface area contributed by atoms with Crippen molar-refractivity contribution >= 4 is 5.78 Å². The standard InChI is InChI=1S/C14H25NO/c1-14(2)7-10-15(11-8-14)9-6-12-4-3-5-13(12)16/h12H,3-11H2,1-2H3. The summed E-state index contributed by atoms with van der Waals surface area (Å²) in [5, 5.41) is 0. The van der Waals surface area contributed by atoms with E-state index in [1.54, 1.807) is 0 Å². The number of Topliss-reactive ketones (excluding diaryl/α,β-unsaturated/α-hetero) is 1. The predicted octanol–water partition coefficient (Wildman–Crippen LogP) is 2.87. The van der Waals surface area contributed by atoms with Crippen molar-refractivity contribution in [3.05, 3.63) is 0 Å². The molecule has 2 aliphatic rings. The number of nitrogens with zero attached hydrogens (tertiary/aromatic N) is 1. The minimum atomic E-state index is 0.398. The molecular weight excluding hydrogens is 198 g/mol. The van der Waals surface area contributed by atoms with E-state index in [1.807, 2.05) is 0 Å². The highest BCUT2D eigenvalue weighted by Crippen LogP contribution is 2.30. The van der Waals surface area contributed by atoms with Gasteiger partial charge >= 0.3 is 0 Å². The first kappa shape index (κ1) is 12.1. The molecule has 1 aliphatic heterocycles. The normalized spacial score (nSPS) is 30.9. The average Bonchev–Trinajstić information content (AvgIpc) is 2.63. The zero-order valence-electron chi connectivity index (χ0n) is 10.8. The van der Waals surface area contributed by atoms with Crippen molar-refractivity contribution in [2.45, 2.75) is 52.4 Å². The summed E-state index contributed by atoms with van der Waals surface area (Å²) in [6.45, 7) is 8.34. The Morgan fingerprint density at radius 2 is 2.00 bits per heavy atom. The molecule has 0 aromatic rings. The summed E-state index contributed by atoms with van der Waals surface area (Å²) in [4.78, 5) is 14.1. The van der Waals surface area contributed by atoms with Crippen LogP contribution < -0.4 is 0 Å². The van der Waals surface area contributed by atoms with Gasteiger partial charge in [-0.05, 0) is 57.2 Å². The zero-order valence-corrected chi connectivity index (χ0v) is 10.8. The van der Waals surface area contributed by atoms with Gasteiger partial charge < -0.3 is 4.90 Å². The summed E-state index contributed by atoms with van der Waals surface area (Å²) in [5.74, 6) is 0.923. The first-order chi connectivity index (χ1) is 7.57. The largest absolute Gasteiger partial charge is 0.303 e. The maximum Gasteiger partial charge on any atom is 0.136 e. The lowest BCUT2D eigenvalue weighted by Gasteiger charge is -2.37. The number of carbonyl (C=O) groups is 1. The molecule has 2 nitrogen and oxygen atoms in total. The van der Waals surface area contributed by atoms with Gasteiger partial charge in [0.2, 0.25) is 0 Å². The fourth-order valence-electron chi connectivity index (χ4n) is 2.91. The number of carbonyl (C=O) groups excluding carboxylic acids is 1. The lowest BCUT2D eigenvalue weighted by molar-refractivity contribution is -0.120. The summed E-state index contributed by atoms with van der Waals surface area (Å²) in [7, 11) is 0. The van der Waals surface area contributed by atoms with Gasteiger partial charge in [0.15, 0.2) is 0 Å². The molecule has 1 aliphatic carbocycles. The summed E-state index contributed by atoms with van der Waals surface area (Å²) in [6.07, 6.45) is 6.86. The molecule has 0 N–H and O–H groups in total. The number of hydrogen-bond acceptors (Lipinski definition) is 2. The molecule has 1 saturated heterocycles. The first-order valence-corrected chi connectivity index (χ1v) is 6.82. The van der Waals surface area contributed by atoms with Crippen molar-refractivity contribution in [3.63, 3.8) is 0 Å². The van der Waals surface area contributed by atoms with Crippen LogP contribution in [0.5, 0.6) is 0 Å². The number of ketones is 1. The lowest BCUT2D eigenvalue weighted by Crippen LogP contribution is -2.38. The van der Waals surface area contributed by atoms with Gasteiger partial charge in [0, 0.05) is 12.3 Å². The summed E-state index contributed by atoms with van der Waals surface area (Å²) in [5.41, 5.74) is 0.541. The maximum atomic E-state index is 11.5. The third-order valence-electron chi connectivity index (χ3n) is 4.43. The molecule has 2 fully saturated rings. The van der Waals surface area contributed by atoms with Gasteiger partial charge in [-0.1, -0.05) is 13.8 Å². The molecule has 1 atom stereocenters. The molecule has 0 spiro atoms. The Kier molecular flexibility index (Phi) is 3.68. The minimum absolute atomic E-state index is 0.398. The van der Waals surface area contributed by atoms with Gasteiger partial charge in [-0.3, -0.25) is 4.79 Å². The third-order valence-corrected chi connectivity index (χ3v) is 4.43. The first-order valence-electron chi connectivity index (χ1n) is 6.82. The number of likely N-dealkylation sites (tertiary alicyclic amines) is 1. The molecule has 2 rings (SSSR count). The van der Waals surface area contributed by atoms with Crippen molar-refractivity contribution in [3.8, 4) is 0 Å². The summed E-state index contributed by atoms with van der Waals surface area (Å²) >= 11 is 0. The second-order valence-corrected chi connectivity index (χ2v) is 6.35. The molecule has 1 heterocycles. The molecule has 0 bridgehead atoms. The van der Waals surface area contributed by atoms with E-state index in [1.165, 1.54) is 25.9 Å². The van der Waals surface area contributed by atoms with Crippen LogP contribution in [0.4, 0.5) is 0 Å². The van der Waals surface area contributed by atoms with E-state index in [-0.39, 0.29) is 0 Å². The summed E-state index contributed by atoms with van der Waals surface area (Å²) < 4.78 is 0. The Morgan fingerprint density at radius 3 is 2.56 bits per heavy atom. The van der Waals surface area contributed by atoms with Crippen LogP contribution in [0.25, 0.3) is 0 Å². The highest BCUT2D eigenvalue weighted by molar-refractivity contribution is 5.82. The molecule has 2 heteroatoms. The Morgan fingerprint density at radius 1 is 1.31 bits per heavy atom. The second-order valence-electron chi connectivity index (χ2n) is 6.35. The minimum Gasteiger partial charge on any atom is -0.303 e. The second kappa shape index (κ2) is 4.87. The van der Waals surface area contributed by atoms with Crippen molar-refractivity contribution in [2.75, 3.05) is 19.6 Å². The average molecular weight is 223 g/mol. The molecule has 1 unspecified atom stereocenters. The Bertz CT molecular complexity index is 249.